The molecule has 4 atom stereocenters. The summed E-state index contributed by atoms with van der Waals surface area (Å²) in [4.78, 5) is 24.0. The van der Waals surface area contributed by atoms with E-state index in [1.165, 1.54) is 6.07 Å². The number of rotatable bonds is 7. The van der Waals surface area contributed by atoms with E-state index in [1.54, 1.807) is 12.1 Å². The van der Waals surface area contributed by atoms with E-state index < -0.39 is 29.9 Å². The number of carbonyl (C=O) groups excluding carboxylic acids is 1. The molecule has 1 amide bonds. The van der Waals surface area contributed by atoms with Crippen molar-refractivity contribution in [1.29, 1.82) is 0 Å². The van der Waals surface area contributed by atoms with Gasteiger partial charge in [0.15, 0.2) is 0 Å². The van der Waals surface area contributed by atoms with Crippen molar-refractivity contribution in [2.75, 3.05) is 5.32 Å². The molecule has 0 heterocycles. The number of hydrogen-bond acceptors (Lipinski definition) is 2. The molecular formula is C24H33ClF3NO3. The predicted molar refractivity (Wildman–Crippen MR) is 120 cm³/mol. The second kappa shape index (κ2) is 11.9. The average molecular weight is 476 g/mol. The Balaban J connectivity index is 2.26. The lowest BCUT2D eigenvalue weighted by atomic mass is 9.76. The monoisotopic (exact) mass is 475 g/mol. The van der Waals surface area contributed by atoms with E-state index in [9.17, 15) is 22.8 Å². The van der Waals surface area contributed by atoms with Gasteiger partial charge < -0.3 is 10.4 Å². The molecule has 4 nitrogen and oxygen atoms in total. The molecule has 0 saturated heterocycles. The van der Waals surface area contributed by atoms with Gasteiger partial charge in [0.05, 0.1) is 22.5 Å². The zero-order valence-corrected chi connectivity index (χ0v) is 19.4. The number of carboxylic acids is 1. The van der Waals surface area contributed by atoms with Gasteiger partial charge in [-0.3, -0.25) is 9.59 Å². The topological polar surface area (TPSA) is 66.4 Å². The standard InChI is InChI=1S/C24H33ClF3NO3/c1-15-6-3-4-8-18(9-5-7-15)22(16(2)24(26,27)28)23(32)29-20-14-17(10-12-19(20)25)11-13-21(30)31/h10,12,14-16,18,22H,3-9,11,13H2,1-2H3,(H,29,32)(H,30,31)/t15?,16-,18?,22+/m0/s1. The van der Waals surface area contributed by atoms with Gasteiger partial charge in [-0.1, -0.05) is 63.6 Å². The van der Waals surface area contributed by atoms with Crippen molar-refractivity contribution in [3.05, 3.63) is 28.8 Å². The molecule has 2 N–H and O–H groups in total. The summed E-state index contributed by atoms with van der Waals surface area (Å²) in [7, 11) is 0. The lowest BCUT2D eigenvalue weighted by Crippen LogP contribution is -2.40. The minimum absolute atomic E-state index is 0.0940. The van der Waals surface area contributed by atoms with E-state index in [4.69, 9.17) is 16.7 Å². The van der Waals surface area contributed by atoms with Gasteiger partial charge >= 0.3 is 12.1 Å². The highest BCUT2D eigenvalue weighted by atomic mass is 35.5. The first-order valence-electron chi connectivity index (χ1n) is 11.4. The molecule has 32 heavy (non-hydrogen) atoms. The predicted octanol–water partition coefficient (Wildman–Crippen LogP) is 7.11. The number of halogens is 4. The average Bonchev–Trinajstić information content (AvgIpc) is 2.80. The summed E-state index contributed by atoms with van der Waals surface area (Å²) in [6.07, 6.45) is 1.46. The fourth-order valence-corrected chi connectivity index (χ4v) is 4.78. The third kappa shape index (κ3) is 7.98. The summed E-state index contributed by atoms with van der Waals surface area (Å²) < 4.78 is 41.2. The fraction of sp³-hybridized carbons (Fsp3) is 0.667. The number of aliphatic carboxylic acids is 1. The van der Waals surface area contributed by atoms with Crippen LogP contribution in [0, 0.1) is 23.7 Å². The van der Waals surface area contributed by atoms with Gasteiger partial charge in [0.1, 0.15) is 0 Å². The molecular weight excluding hydrogens is 443 g/mol. The van der Waals surface area contributed by atoms with Gasteiger partial charge in [-0.25, -0.2) is 0 Å². The Bertz CT molecular complexity index is 784. The second-order valence-corrected chi connectivity index (χ2v) is 9.54. The summed E-state index contributed by atoms with van der Waals surface area (Å²) >= 11 is 6.20. The van der Waals surface area contributed by atoms with Crippen LogP contribution in [0.5, 0.6) is 0 Å². The highest BCUT2D eigenvalue weighted by molar-refractivity contribution is 6.33. The Kier molecular flexibility index (Phi) is 9.86. The van der Waals surface area contributed by atoms with Gasteiger partial charge in [0.2, 0.25) is 5.91 Å². The van der Waals surface area contributed by atoms with Gasteiger partial charge in [-0.05, 0) is 48.8 Å². The molecule has 2 unspecified atom stereocenters. The Hall–Kier alpha value is -1.76. The van der Waals surface area contributed by atoms with Crippen molar-refractivity contribution < 1.29 is 27.9 Å². The van der Waals surface area contributed by atoms with Crippen molar-refractivity contribution in [3.63, 3.8) is 0 Å². The Morgan fingerprint density at radius 2 is 1.78 bits per heavy atom. The van der Waals surface area contributed by atoms with Crippen molar-refractivity contribution >= 4 is 29.2 Å². The first-order chi connectivity index (χ1) is 15.0. The molecule has 1 aliphatic rings. The number of hydrogen-bond donors (Lipinski definition) is 2. The van der Waals surface area contributed by atoms with Crippen LogP contribution in [0.1, 0.15) is 70.8 Å². The molecule has 1 saturated carbocycles. The van der Waals surface area contributed by atoms with Crippen LogP contribution in [0.3, 0.4) is 0 Å². The molecule has 2 rings (SSSR count). The van der Waals surface area contributed by atoms with Crippen LogP contribution in [-0.4, -0.2) is 23.2 Å². The van der Waals surface area contributed by atoms with Crippen molar-refractivity contribution in [2.45, 2.75) is 77.8 Å². The van der Waals surface area contributed by atoms with Crippen LogP contribution in [0.2, 0.25) is 5.02 Å². The highest BCUT2D eigenvalue weighted by Gasteiger charge is 2.47. The SMILES string of the molecule is CC1CCCCC([C@H](C(=O)Nc2cc(CCC(=O)O)ccc2Cl)[C@H](C)C(F)(F)F)CCC1. The lowest BCUT2D eigenvalue weighted by Gasteiger charge is -2.32. The van der Waals surface area contributed by atoms with Crippen LogP contribution in [0.15, 0.2) is 18.2 Å². The highest BCUT2D eigenvalue weighted by Crippen LogP contribution is 2.41. The van der Waals surface area contributed by atoms with E-state index >= 15 is 0 Å². The van der Waals surface area contributed by atoms with Crippen molar-refractivity contribution in [3.8, 4) is 0 Å². The zero-order valence-electron chi connectivity index (χ0n) is 18.7. The summed E-state index contributed by atoms with van der Waals surface area (Å²) in [5.41, 5.74) is 0.861. The van der Waals surface area contributed by atoms with E-state index in [0.717, 1.165) is 39.0 Å². The molecule has 0 spiro atoms. The van der Waals surface area contributed by atoms with Crippen LogP contribution in [0.25, 0.3) is 0 Å². The minimum Gasteiger partial charge on any atom is -0.481 e. The number of carboxylic acid groups (broad SMARTS) is 1. The number of benzene rings is 1. The lowest BCUT2D eigenvalue weighted by molar-refractivity contribution is -0.190. The molecule has 180 valence electrons. The normalized spacial score (nSPS) is 22.2. The van der Waals surface area contributed by atoms with Gasteiger partial charge in [0.25, 0.3) is 0 Å². The minimum atomic E-state index is -4.49. The first kappa shape index (κ1) is 26.5. The Labute approximate surface area is 192 Å². The summed E-state index contributed by atoms with van der Waals surface area (Å²) in [6.45, 7) is 3.26. The summed E-state index contributed by atoms with van der Waals surface area (Å²) in [6, 6.07) is 4.72. The number of amides is 1. The first-order valence-corrected chi connectivity index (χ1v) is 11.7. The van der Waals surface area contributed by atoms with E-state index in [0.29, 0.717) is 24.3 Å². The number of alkyl halides is 3. The smallest absolute Gasteiger partial charge is 0.392 e. The maximum Gasteiger partial charge on any atom is 0.392 e. The molecule has 1 aromatic rings. The van der Waals surface area contributed by atoms with Crippen LogP contribution in [0.4, 0.5) is 18.9 Å². The third-order valence-electron chi connectivity index (χ3n) is 6.58. The van der Waals surface area contributed by atoms with E-state index in [2.05, 4.69) is 12.2 Å². The molecule has 8 heteroatoms. The Morgan fingerprint density at radius 1 is 1.16 bits per heavy atom. The van der Waals surface area contributed by atoms with Crippen LogP contribution >= 0.6 is 11.6 Å². The number of aryl methyl sites for hydroxylation is 1. The molecule has 0 radical (unpaired) electrons. The summed E-state index contributed by atoms with van der Waals surface area (Å²) in [5, 5.41) is 11.7. The molecule has 0 bridgehead atoms. The number of carbonyl (C=O) groups is 2. The number of nitrogens with one attached hydrogen (secondary N) is 1. The van der Waals surface area contributed by atoms with Crippen molar-refractivity contribution in [1.82, 2.24) is 0 Å². The van der Waals surface area contributed by atoms with Gasteiger partial charge in [0, 0.05) is 6.42 Å². The molecule has 0 aromatic heterocycles. The fourth-order valence-electron chi connectivity index (χ4n) is 4.62. The quantitative estimate of drug-likeness (QED) is 0.441. The van der Waals surface area contributed by atoms with Crippen molar-refractivity contribution in [2.24, 2.45) is 23.7 Å². The number of anilines is 1. The maximum absolute atomic E-state index is 13.7. The van der Waals surface area contributed by atoms with Crippen LogP contribution in [-0.2, 0) is 16.0 Å². The molecule has 0 aliphatic heterocycles. The zero-order chi connectivity index (χ0) is 23.9. The van der Waals surface area contributed by atoms with E-state index in [-0.39, 0.29) is 29.5 Å². The molecule has 1 aromatic carbocycles. The van der Waals surface area contributed by atoms with Crippen LogP contribution < -0.4 is 5.32 Å². The largest absolute Gasteiger partial charge is 0.481 e. The molecule has 1 fully saturated rings. The summed E-state index contributed by atoms with van der Waals surface area (Å²) in [5.74, 6) is -4.43. The van der Waals surface area contributed by atoms with E-state index in [1.807, 2.05) is 0 Å². The third-order valence-corrected chi connectivity index (χ3v) is 6.91. The second-order valence-electron chi connectivity index (χ2n) is 9.13. The maximum atomic E-state index is 13.7. The Morgan fingerprint density at radius 3 is 2.44 bits per heavy atom. The van der Waals surface area contributed by atoms with Gasteiger partial charge in [-0.15, -0.1) is 0 Å². The molecule has 1 aliphatic carbocycles. The van der Waals surface area contributed by atoms with Gasteiger partial charge in [-0.2, -0.15) is 13.2 Å².